The summed E-state index contributed by atoms with van der Waals surface area (Å²) in [6.07, 6.45) is 10.2. The smallest absolute Gasteiger partial charge is 0.337 e. The van der Waals surface area contributed by atoms with E-state index in [0.717, 1.165) is 51.0 Å². The molecule has 0 saturated carbocycles. The summed E-state index contributed by atoms with van der Waals surface area (Å²) in [5.41, 5.74) is -2.50. The quantitative estimate of drug-likeness (QED) is 0.0507. The van der Waals surface area contributed by atoms with E-state index in [1.807, 2.05) is 0 Å². The van der Waals surface area contributed by atoms with Gasteiger partial charge in [-0.25, -0.2) is 14.0 Å². The van der Waals surface area contributed by atoms with Gasteiger partial charge in [0.1, 0.15) is 24.6 Å². The van der Waals surface area contributed by atoms with Gasteiger partial charge in [-0.2, -0.15) is 0 Å². The van der Waals surface area contributed by atoms with Crippen LogP contribution in [-0.4, -0.2) is 68.7 Å². The Morgan fingerprint density at radius 1 is 0.957 bits per heavy atom. The molecule has 1 aromatic carbocycles. The molecular formula is C35H50FNO9. The number of hydrogen-bond donors (Lipinski definition) is 5. The van der Waals surface area contributed by atoms with Crippen molar-refractivity contribution in [2.45, 2.75) is 122 Å². The summed E-state index contributed by atoms with van der Waals surface area (Å²) in [6.45, 7) is 4.00. The number of nitrogens with one attached hydrogen (secondary N) is 1. The minimum absolute atomic E-state index is 0.171. The van der Waals surface area contributed by atoms with Gasteiger partial charge in [-0.1, -0.05) is 88.5 Å². The van der Waals surface area contributed by atoms with E-state index in [9.17, 15) is 44.0 Å². The van der Waals surface area contributed by atoms with Gasteiger partial charge in [-0.3, -0.25) is 9.59 Å². The van der Waals surface area contributed by atoms with Crippen LogP contribution in [0.1, 0.15) is 103 Å². The van der Waals surface area contributed by atoms with Gasteiger partial charge in [-0.05, 0) is 50.3 Å². The highest BCUT2D eigenvalue weighted by atomic mass is 19.1. The van der Waals surface area contributed by atoms with Crippen LogP contribution in [0.3, 0.4) is 0 Å². The fraction of sp³-hybridized carbons (Fsp3) is 0.600. The summed E-state index contributed by atoms with van der Waals surface area (Å²) in [4.78, 5) is 48.7. The second kappa shape index (κ2) is 22.6. The van der Waals surface area contributed by atoms with Gasteiger partial charge in [0.2, 0.25) is 5.91 Å². The third-order valence-corrected chi connectivity index (χ3v) is 7.64. The molecule has 10 nitrogen and oxygen atoms in total. The zero-order chi connectivity index (χ0) is 34.4. The second-order valence-electron chi connectivity index (χ2n) is 11.5. The highest BCUT2D eigenvalue weighted by molar-refractivity contribution is 5.94. The van der Waals surface area contributed by atoms with E-state index >= 15 is 0 Å². The van der Waals surface area contributed by atoms with Crippen LogP contribution in [0.5, 0.6) is 5.75 Å². The zero-order valence-electron chi connectivity index (χ0n) is 27.0. The first-order valence-electron chi connectivity index (χ1n) is 16.1. The van der Waals surface area contributed by atoms with Crippen molar-refractivity contribution in [3.8, 4) is 17.6 Å². The highest BCUT2D eigenvalue weighted by Crippen LogP contribution is 2.26. The van der Waals surface area contributed by atoms with Crippen molar-refractivity contribution < 1.29 is 48.7 Å². The number of rotatable bonds is 25. The van der Waals surface area contributed by atoms with Crippen LogP contribution in [0.25, 0.3) is 0 Å². The van der Waals surface area contributed by atoms with Crippen LogP contribution in [0.2, 0.25) is 0 Å². The minimum Gasteiger partial charge on any atom is -0.481 e. The van der Waals surface area contributed by atoms with Crippen LogP contribution < -0.4 is 10.1 Å². The van der Waals surface area contributed by atoms with E-state index in [1.54, 1.807) is 31.2 Å². The molecule has 1 unspecified atom stereocenters. The molecule has 256 valence electrons. The number of carboxylic acid groups (broad SMARTS) is 3. The summed E-state index contributed by atoms with van der Waals surface area (Å²) in [7, 11) is 0. The molecule has 0 aliphatic carbocycles. The molecule has 46 heavy (non-hydrogen) atoms. The van der Waals surface area contributed by atoms with Crippen molar-refractivity contribution in [3.05, 3.63) is 42.0 Å². The summed E-state index contributed by atoms with van der Waals surface area (Å²) >= 11 is 0. The molecular weight excluding hydrogens is 597 g/mol. The fourth-order valence-corrected chi connectivity index (χ4v) is 4.95. The Bertz CT molecular complexity index is 1170. The van der Waals surface area contributed by atoms with E-state index in [1.165, 1.54) is 12.5 Å². The van der Waals surface area contributed by atoms with Gasteiger partial charge >= 0.3 is 17.9 Å². The number of carbonyl (C=O) groups is 4. The van der Waals surface area contributed by atoms with Gasteiger partial charge in [0.05, 0.1) is 12.3 Å². The lowest BCUT2D eigenvalue weighted by Gasteiger charge is -2.29. The number of halogens is 1. The van der Waals surface area contributed by atoms with E-state index in [-0.39, 0.29) is 13.0 Å². The Morgan fingerprint density at radius 3 is 2.11 bits per heavy atom. The normalized spacial score (nSPS) is 14.3. The standard InChI is InChI=1S/C35H50FNO9/c1-3-5-7-10-13-16-27(36)17-14-11-8-9-12-15-18-29(35(45,34(43)44)25-31(38)39)32(40)37-30(33(41)42)24-26-19-21-28(22-20-26)46-23-6-4-2/h15,18-22,27,29-30,45H,3,5,7-14,16-17,23-25H2,1-2H3,(H,37,40)(H,38,39)(H,41,42)(H,43,44)/t27?,29-,30+,35+/m1/s1. The average Bonchev–Trinajstić information content (AvgIpc) is 3.00. The van der Waals surface area contributed by atoms with Gasteiger partial charge < -0.3 is 30.5 Å². The monoisotopic (exact) mass is 647 g/mol. The number of aliphatic hydroxyl groups is 1. The number of allylic oxidation sites excluding steroid dienone is 1. The lowest BCUT2D eigenvalue weighted by atomic mass is 9.82. The van der Waals surface area contributed by atoms with Crippen molar-refractivity contribution >= 4 is 23.8 Å². The number of aliphatic carboxylic acids is 3. The van der Waals surface area contributed by atoms with Gasteiger partial charge in [0, 0.05) is 6.42 Å². The van der Waals surface area contributed by atoms with Crippen molar-refractivity contribution in [2.75, 3.05) is 6.61 Å². The molecule has 0 aliphatic heterocycles. The molecule has 0 heterocycles. The Balaban J connectivity index is 2.82. The molecule has 0 aliphatic rings. The third-order valence-electron chi connectivity index (χ3n) is 7.64. The number of benzene rings is 1. The number of amides is 1. The molecule has 0 saturated heterocycles. The number of hydrogen-bond acceptors (Lipinski definition) is 6. The first kappa shape index (κ1) is 40.1. The van der Waals surface area contributed by atoms with Crippen LogP contribution in [0.15, 0.2) is 36.4 Å². The van der Waals surface area contributed by atoms with E-state index < -0.39 is 54.0 Å². The maximum absolute atomic E-state index is 14.1. The van der Waals surface area contributed by atoms with Crippen molar-refractivity contribution in [1.29, 1.82) is 0 Å². The predicted molar refractivity (Wildman–Crippen MR) is 172 cm³/mol. The molecule has 0 aromatic heterocycles. The van der Waals surface area contributed by atoms with Crippen molar-refractivity contribution in [1.82, 2.24) is 5.32 Å². The largest absolute Gasteiger partial charge is 0.481 e. The lowest BCUT2D eigenvalue weighted by Crippen LogP contribution is -2.55. The summed E-state index contributed by atoms with van der Waals surface area (Å²) in [5, 5.41) is 41.9. The number of carboxylic acids is 3. The SMILES string of the molecule is CC#CCOc1ccc(C[C@H](NC(=O)[C@@H](C=CCCCCCCC(F)CCCCCCC)[C@@](O)(CC(=O)O)C(=O)O)C(=O)O)cc1. The molecule has 0 fully saturated rings. The first-order chi connectivity index (χ1) is 21.9. The molecule has 0 radical (unpaired) electrons. The number of carbonyl (C=O) groups excluding carboxylic acids is 1. The average molecular weight is 648 g/mol. The first-order valence-corrected chi connectivity index (χ1v) is 16.1. The summed E-state index contributed by atoms with van der Waals surface area (Å²) < 4.78 is 19.5. The highest BCUT2D eigenvalue weighted by Gasteiger charge is 2.49. The van der Waals surface area contributed by atoms with Crippen LogP contribution >= 0.6 is 0 Å². The van der Waals surface area contributed by atoms with Gasteiger partial charge in [0.15, 0.2) is 5.60 Å². The van der Waals surface area contributed by atoms with Crippen LogP contribution in [0, 0.1) is 17.8 Å². The van der Waals surface area contributed by atoms with E-state index in [4.69, 9.17) is 4.74 Å². The molecule has 1 rings (SSSR count). The van der Waals surface area contributed by atoms with E-state index in [0.29, 0.717) is 37.0 Å². The summed E-state index contributed by atoms with van der Waals surface area (Å²) in [5.74, 6) is -2.05. The van der Waals surface area contributed by atoms with Crippen molar-refractivity contribution in [3.63, 3.8) is 0 Å². The van der Waals surface area contributed by atoms with Crippen LogP contribution in [-0.2, 0) is 25.6 Å². The maximum atomic E-state index is 14.1. The molecule has 5 N–H and O–H groups in total. The minimum atomic E-state index is -3.03. The maximum Gasteiger partial charge on any atom is 0.337 e. The summed E-state index contributed by atoms with van der Waals surface area (Å²) in [6, 6.07) is 4.93. The zero-order valence-corrected chi connectivity index (χ0v) is 27.0. The molecule has 1 aromatic rings. The molecule has 1 amide bonds. The molecule has 4 atom stereocenters. The molecule has 0 spiro atoms. The Morgan fingerprint density at radius 2 is 1.57 bits per heavy atom. The van der Waals surface area contributed by atoms with Gasteiger partial charge in [-0.15, -0.1) is 5.92 Å². The Labute approximate surface area is 271 Å². The number of ether oxygens (including phenoxy) is 1. The topological polar surface area (TPSA) is 170 Å². The number of alkyl halides is 1. The Hall–Kier alpha value is -3.91. The third kappa shape index (κ3) is 15.9. The van der Waals surface area contributed by atoms with Crippen molar-refractivity contribution in [2.24, 2.45) is 5.92 Å². The Kier molecular flexibility index (Phi) is 19.7. The lowest BCUT2D eigenvalue weighted by molar-refractivity contribution is -0.172. The second-order valence-corrected chi connectivity index (χ2v) is 11.5. The fourth-order valence-electron chi connectivity index (χ4n) is 4.95. The predicted octanol–water partition coefficient (Wildman–Crippen LogP) is 5.70. The molecule has 0 bridgehead atoms. The van der Waals surface area contributed by atoms with Gasteiger partial charge in [0.25, 0.3) is 0 Å². The van der Waals surface area contributed by atoms with E-state index in [2.05, 4.69) is 24.1 Å². The molecule has 11 heteroatoms. The van der Waals surface area contributed by atoms with Crippen LogP contribution in [0.4, 0.5) is 4.39 Å². The number of unbranched alkanes of at least 4 members (excludes halogenated alkanes) is 8.